The Labute approximate surface area is 180 Å². The standard InChI is InChI=1S/C25H34N2O3/c1-19-23(16-21-10-6-4-7-11-21)26-20(2)27-24(17-22-12-8-5-9-13-22)25(19)30-18-29-15-14-28-3/h4-13,19,23-25H,14-18H2,1-3H3,(H,26,27)/t19-,23+,24+,25+/m0/s1. The number of aliphatic imine (C=N–C) groups is 1. The van der Waals surface area contributed by atoms with Crippen LogP contribution in [0.4, 0.5) is 0 Å². The van der Waals surface area contributed by atoms with E-state index in [0.29, 0.717) is 13.2 Å². The zero-order chi connectivity index (χ0) is 21.2. The monoisotopic (exact) mass is 410 g/mol. The minimum atomic E-state index is -0.0253. The Morgan fingerprint density at radius 3 is 2.17 bits per heavy atom. The Balaban J connectivity index is 1.76. The van der Waals surface area contributed by atoms with Crippen molar-refractivity contribution in [2.45, 2.75) is 44.9 Å². The SMILES string of the molecule is COCCOCO[C@@H]1[C@@H](C)[C@@H](Cc2ccccc2)N=C(C)N[C@@H]1Cc1ccccc1. The van der Waals surface area contributed by atoms with E-state index in [1.165, 1.54) is 11.1 Å². The highest BCUT2D eigenvalue weighted by atomic mass is 16.7. The summed E-state index contributed by atoms with van der Waals surface area (Å²) in [4.78, 5) is 5.02. The molecule has 0 spiro atoms. The molecule has 0 aliphatic carbocycles. The van der Waals surface area contributed by atoms with Crippen LogP contribution in [0.3, 0.4) is 0 Å². The molecule has 1 aliphatic rings. The van der Waals surface area contributed by atoms with E-state index in [4.69, 9.17) is 19.2 Å². The van der Waals surface area contributed by atoms with Gasteiger partial charge in [0.25, 0.3) is 0 Å². The number of methoxy groups -OCH3 is 1. The van der Waals surface area contributed by atoms with Crippen LogP contribution in [-0.4, -0.2) is 51.1 Å². The third-order valence-electron chi connectivity index (χ3n) is 5.64. The third kappa shape index (κ3) is 6.66. The fourth-order valence-electron chi connectivity index (χ4n) is 4.06. The fraction of sp³-hybridized carbons (Fsp3) is 0.480. The molecule has 0 saturated heterocycles. The van der Waals surface area contributed by atoms with Crippen molar-refractivity contribution in [3.63, 3.8) is 0 Å². The summed E-state index contributed by atoms with van der Waals surface area (Å²) in [6.07, 6.45) is 1.74. The van der Waals surface area contributed by atoms with Gasteiger partial charge >= 0.3 is 0 Å². The highest BCUT2D eigenvalue weighted by Gasteiger charge is 2.35. The van der Waals surface area contributed by atoms with Gasteiger partial charge in [0.05, 0.1) is 37.2 Å². The van der Waals surface area contributed by atoms with Crippen LogP contribution in [-0.2, 0) is 27.1 Å². The second-order valence-electron chi connectivity index (χ2n) is 7.92. The van der Waals surface area contributed by atoms with Crippen molar-refractivity contribution in [1.29, 1.82) is 0 Å². The van der Waals surface area contributed by atoms with Crippen LogP contribution in [0.25, 0.3) is 0 Å². The van der Waals surface area contributed by atoms with E-state index < -0.39 is 0 Å². The van der Waals surface area contributed by atoms with Crippen molar-refractivity contribution in [3.8, 4) is 0 Å². The van der Waals surface area contributed by atoms with Gasteiger partial charge in [0.2, 0.25) is 0 Å². The van der Waals surface area contributed by atoms with Gasteiger partial charge < -0.3 is 19.5 Å². The largest absolute Gasteiger partial charge is 0.382 e. The first-order valence-electron chi connectivity index (χ1n) is 10.7. The topological polar surface area (TPSA) is 52.1 Å². The predicted octanol–water partition coefficient (Wildman–Crippen LogP) is 3.87. The van der Waals surface area contributed by atoms with Crippen LogP contribution < -0.4 is 5.32 Å². The number of amidine groups is 1. The fourth-order valence-corrected chi connectivity index (χ4v) is 4.06. The van der Waals surface area contributed by atoms with Gasteiger partial charge in [0.1, 0.15) is 6.79 Å². The smallest absolute Gasteiger partial charge is 0.147 e. The van der Waals surface area contributed by atoms with E-state index in [1.54, 1.807) is 7.11 Å². The van der Waals surface area contributed by atoms with E-state index in [1.807, 2.05) is 6.07 Å². The molecule has 162 valence electrons. The number of hydrogen-bond acceptors (Lipinski definition) is 5. The summed E-state index contributed by atoms with van der Waals surface area (Å²) in [5.74, 6) is 1.20. The molecule has 0 fully saturated rings. The summed E-state index contributed by atoms with van der Waals surface area (Å²) in [6.45, 7) is 5.64. The summed E-state index contributed by atoms with van der Waals surface area (Å²) in [5.41, 5.74) is 2.58. The predicted molar refractivity (Wildman–Crippen MR) is 121 cm³/mol. The first-order chi connectivity index (χ1) is 14.7. The van der Waals surface area contributed by atoms with Gasteiger partial charge in [-0.2, -0.15) is 0 Å². The van der Waals surface area contributed by atoms with Crippen molar-refractivity contribution in [2.75, 3.05) is 27.1 Å². The van der Waals surface area contributed by atoms with E-state index in [-0.39, 0.29) is 30.9 Å². The van der Waals surface area contributed by atoms with Crippen molar-refractivity contribution >= 4 is 5.84 Å². The normalized spacial score (nSPS) is 24.0. The molecule has 2 aromatic rings. The quantitative estimate of drug-likeness (QED) is 0.477. The Kier molecular flexibility index (Phi) is 8.87. The summed E-state index contributed by atoms with van der Waals surface area (Å²) >= 11 is 0. The Hall–Kier alpha value is -2.21. The number of nitrogens with zero attached hydrogens (tertiary/aromatic N) is 1. The van der Waals surface area contributed by atoms with Gasteiger partial charge in [-0.1, -0.05) is 67.6 Å². The van der Waals surface area contributed by atoms with Crippen LogP contribution in [0, 0.1) is 5.92 Å². The lowest BCUT2D eigenvalue weighted by atomic mass is 9.86. The molecule has 0 unspecified atom stereocenters. The molecule has 0 amide bonds. The minimum Gasteiger partial charge on any atom is -0.382 e. The first-order valence-corrected chi connectivity index (χ1v) is 10.7. The molecule has 5 nitrogen and oxygen atoms in total. The molecule has 1 heterocycles. The second kappa shape index (κ2) is 11.8. The number of nitrogens with one attached hydrogen (secondary N) is 1. The molecule has 3 rings (SSSR count). The van der Waals surface area contributed by atoms with Crippen molar-refractivity contribution in [2.24, 2.45) is 10.9 Å². The molecular weight excluding hydrogens is 376 g/mol. The van der Waals surface area contributed by atoms with Crippen molar-refractivity contribution in [3.05, 3.63) is 71.8 Å². The lowest BCUT2D eigenvalue weighted by Gasteiger charge is -2.32. The molecule has 30 heavy (non-hydrogen) atoms. The van der Waals surface area contributed by atoms with Crippen molar-refractivity contribution in [1.82, 2.24) is 5.32 Å². The summed E-state index contributed by atoms with van der Waals surface area (Å²) in [7, 11) is 1.67. The summed E-state index contributed by atoms with van der Waals surface area (Å²) < 4.78 is 17.0. The minimum absolute atomic E-state index is 0.0253. The Morgan fingerprint density at radius 2 is 1.53 bits per heavy atom. The lowest BCUT2D eigenvalue weighted by molar-refractivity contribution is -0.121. The van der Waals surface area contributed by atoms with Gasteiger partial charge in [-0.15, -0.1) is 0 Å². The number of benzene rings is 2. The van der Waals surface area contributed by atoms with Gasteiger partial charge in [0, 0.05) is 13.0 Å². The maximum absolute atomic E-state index is 6.31. The molecule has 2 aromatic carbocycles. The molecular formula is C25H34N2O3. The van der Waals surface area contributed by atoms with Crippen LogP contribution in [0.15, 0.2) is 65.7 Å². The van der Waals surface area contributed by atoms with Crippen LogP contribution in [0.2, 0.25) is 0 Å². The second-order valence-corrected chi connectivity index (χ2v) is 7.92. The molecule has 1 N–H and O–H groups in total. The van der Waals surface area contributed by atoms with E-state index in [2.05, 4.69) is 73.8 Å². The van der Waals surface area contributed by atoms with Gasteiger partial charge in [-0.05, 0) is 30.9 Å². The molecule has 1 aliphatic heterocycles. The van der Waals surface area contributed by atoms with E-state index >= 15 is 0 Å². The average Bonchev–Trinajstić information content (AvgIpc) is 2.86. The van der Waals surface area contributed by atoms with Crippen LogP contribution in [0.5, 0.6) is 0 Å². The number of ether oxygens (including phenoxy) is 3. The lowest BCUT2D eigenvalue weighted by Crippen LogP contribution is -2.48. The van der Waals surface area contributed by atoms with Crippen LogP contribution >= 0.6 is 0 Å². The third-order valence-corrected chi connectivity index (χ3v) is 5.64. The van der Waals surface area contributed by atoms with Crippen LogP contribution in [0.1, 0.15) is 25.0 Å². The molecule has 4 atom stereocenters. The molecule has 0 radical (unpaired) electrons. The zero-order valence-electron chi connectivity index (χ0n) is 18.3. The molecule has 0 aromatic heterocycles. The first kappa shape index (κ1) is 22.5. The van der Waals surface area contributed by atoms with Crippen molar-refractivity contribution < 1.29 is 14.2 Å². The van der Waals surface area contributed by atoms with Gasteiger partial charge in [-0.3, -0.25) is 4.99 Å². The highest BCUT2D eigenvalue weighted by molar-refractivity contribution is 5.80. The van der Waals surface area contributed by atoms with Gasteiger partial charge in [-0.25, -0.2) is 0 Å². The maximum atomic E-state index is 6.31. The van der Waals surface area contributed by atoms with E-state index in [9.17, 15) is 0 Å². The van der Waals surface area contributed by atoms with Gasteiger partial charge in [0.15, 0.2) is 0 Å². The average molecular weight is 411 g/mol. The number of rotatable bonds is 10. The Bertz CT molecular complexity index is 766. The zero-order valence-corrected chi connectivity index (χ0v) is 18.3. The molecule has 5 heteroatoms. The Morgan fingerprint density at radius 1 is 0.900 bits per heavy atom. The molecule has 0 saturated carbocycles. The number of hydrogen-bond donors (Lipinski definition) is 1. The summed E-state index contributed by atoms with van der Waals surface area (Å²) in [6, 6.07) is 21.4. The molecule has 0 bridgehead atoms. The highest BCUT2D eigenvalue weighted by Crippen LogP contribution is 2.26. The summed E-state index contributed by atoms with van der Waals surface area (Å²) in [5, 5.41) is 3.62. The maximum Gasteiger partial charge on any atom is 0.147 e. The van der Waals surface area contributed by atoms with E-state index in [0.717, 1.165) is 18.7 Å².